The third-order valence-corrected chi connectivity index (χ3v) is 4.44. The van der Waals surface area contributed by atoms with E-state index in [0.717, 1.165) is 13.0 Å². The molecule has 0 aromatic heterocycles. The predicted octanol–water partition coefficient (Wildman–Crippen LogP) is 2.12. The smallest absolute Gasteiger partial charge is 0.300 e. The van der Waals surface area contributed by atoms with E-state index in [-0.39, 0.29) is 0 Å². The molecule has 0 unspecified atom stereocenters. The van der Waals surface area contributed by atoms with Gasteiger partial charge >= 0.3 is 0 Å². The highest BCUT2D eigenvalue weighted by molar-refractivity contribution is 6.80. The zero-order valence-corrected chi connectivity index (χ0v) is 13.8. The van der Waals surface area contributed by atoms with Crippen molar-refractivity contribution in [1.82, 2.24) is 0 Å². The van der Waals surface area contributed by atoms with Gasteiger partial charge in [0.2, 0.25) is 0 Å². The molecule has 20 heavy (non-hydrogen) atoms. The molecule has 2 N–H and O–H groups in total. The van der Waals surface area contributed by atoms with Crippen molar-refractivity contribution in [2.45, 2.75) is 46.3 Å². The molecule has 1 radical (unpaired) electrons. The topological polar surface area (TPSA) is 57.5 Å². The summed E-state index contributed by atoms with van der Waals surface area (Å²) in [5.41, 5.74) is 3.64. The van der Waals surface area contributed by atoms with Crippen LogP contribution in [0.1, 0.15) is 33.3 Å². The Bertz CT molecular complexity index is 471. The molecule has 0 amide bonds. The molecule has 0 saturated heterocycles. The molecule has 0 saturated carbocycles. The zero-order valence-electron chi connectivity index (χ0n) is 12.8. The van der Waals surface area contributed by atoms with Crippen LogP contribution in [0.5, 0.6) is 0 Å². The van der Waals surface area contributed by atoms with E-state index in [1.807, 2.05) is 0 Å². The Kier molecular flexibility index (Phi) is 7.89. The molecule has 0 aliphatic heterocycles. The molecule has 0 spiro atoms. The minimum Gasteiger partial charge on any atom is -0.481 e. The Hall–Kier alpha value is -1.57. The maximum Gasteiger partial charge on any atom is 0.300 e. The number of benzene rings is 1. The monoisotopic (exact) mass is 291 g/mol. The molecule has 0 bridgehead atoms. The number of carboxylic acids is 1. The lowest BCUT2D eigenvalue weighted by molar-refractivity contribution is -0.134. The van der Waals surface area contributed by atoms with Gasteiger partial charge in [0.1, 0.15) is 5.60 Å². The molecule has 0 heterocycles. The van der Waals surface area contributed by atoms with Crippen LogP contribution in [0, 0.1) is 18.4 Å². The highest BCUT2D eigenvalue weighted by Crippen LogP contribution is 2.00. The van der Waals surface area contributed by atoms with E-state index < -0.39 is 20.4 Å². The first-order chi connectivity index (χ1) is 9.15. The third-order valence-electron chi connectivity index (χ3n) is 2.27. The summed E-state index contributed by atoms with van der Waals surface area (Å²) in [6, 6.07) is 9.64. The number of aliphatic carboxylic acids is 1. The first-order valence-corrected chi connectivity index (χ1v) is 8.24. The van der Waals surface area contributed by atoms with Crippen molar-refractivity contribution in [2.75, 3.05) is 0 Å². The van der Waals surface area contributed by atoms with Crippen molar-refractivity contribution < 1.29 is 15.0 Å². The van der Waals surface area contributed by atoms with Crippen LogP contribution in [-0.4, -0.2) is 30.6 Å². The molecule has 1 aromatic carbocycles. The summed E-state index contributed by atoms with van der Waals surface area (Å²) in [5.74, 6) is 2.10. The highest BCUT2D eigenvalue weighted by Gasteiger charge is 2.11. The normalized spacial score (nSPS) is 10.2. The molecule has 0 atom stereocenters. The second-order valence-corrected chi connectivity index (χ2v) is 7.52. The number of carbonyl (C=O) groups is 1. The van der Waals surface area contributed by atoms with Crippen LogP contribution in [0.2, 0.25) is 6.04 Å². The van der Waals surface area contributed by atoms with E-state index in [0.29, 0.717) is 0 Å². The maximum atomic E-state index is 9.60. The lowest BCUT2D eigenvalue weighted by Gasteiger charge is -2.09. The summed E-state index contributed by atoms with van der Waals surface area (Å²) in [5, 5.41) is 18.3. The molecule has 0 aliphatic rings. The number of aryl methyl sites for hydroxylation is 1. The van der Waals surface area contributed by atoms with E-state index in [9.17, 15) is 5.11 Å². The molecular formula is C16H23O3Si. The van der Waals surface area contributed by atoms with Crippen molar-refractivity contribution in [2.24, 2.45) is 0 Å². The quantitative estimate of drug-likeness (QED) is 0.648. The van der Waals surface area contributed by atoms with Gasteiger partial charge in [0.15, 0.2) is 8.80 Å². The van der Waals surface area contributed by atoms with E-state index >= 15 is 0 Å². The highest BCUT2D eigenvalue weighted by atomic mass is 28.3. The first-order valence-electron chi connectivity index (χ1n) is 6.53. The van der Waals surface area contributed by atoms with Crippen LogP contribution in [0.3, 0.4) is 0 Å². The summed E-state index contributed by atoms with van der Waals surface area (Å²) in [4.78, 5) is 9.00. The Morgan fingerprint density at radius 1 is 1.30 bits per heavy atom. The van der Waals surface area contributed by atoms with Crippen LogP contribution < -0.4 is 5.19 Å². The van der Waals surface area contributed by atoms with Gasteiger partial charge < -0.3 is 10.2 Å². The van der Waals surface area contributed by atoms with Gasteiger partial charge in [-0.15, -0.1) is 5.54 Å². The van der Waals surface area contributed by atoms with Crippen LogP contribution in [0.15, 0.2) is 24.3 Å². The Morgan fingerprint density at radius 2 is 1.75 bits per heavy atom. The van der Waals surface area contributed by atoms with Crippen LogP contribution in [-0.2, 0) is 4.79 Å². The lowest BCUT2D eigenvalue weighted by atomic mass is 10.2. The average Bonchev–Trinajstić information content (AvgIpc) is 2.30. The second-order valence-electron chi connectivity index (χ2n) is 5.03. The fourth-order valence-electron chi connectivity index (χ4n) is 1.35. The van der Waals surface area contributed by atoms with E-state index in [1.54, 1.807) is 13.8 Å². The second kappa shape index (κ2) is 8.57. The molecule has 109 valence electrons. The largest absolute Gasteiger partial charge is 0.481 e. The van der Waals surface area contributed by atoms with Gasteiger partial charge in [-0.25, -0.2) is 0 Å². The number of aliphatic hydroxyl groups is 1. The molecule has 4 heteroatoms. The molecule has 1 rings (SSSR count). The van der Waals surface area contributed by atoms with Crippen molar-refractivity contribution in [3.63, 3.8) is 0 Å². The molecule has 3 nitrogen and oxygen atoms in total. The first kappa shape index (κ1) is 18.4. The summed E-state index contributed by atoms with van der Waals surface area (Å²) in [7, 11) is -0.832. The number of hydrogen-bond donors (Lipinski definition) is 2. The van der Waals surface area contributed by atoms with Gasteiger partial charge in [0, 0.05) is 6.92 Å². The molecular weight excluding hydrogens is 268 g/mol. The van der Waals surface area contributed by atoms with E-state index in [1.165, 1.54) is 10.8 Å². The fourth-order valence-corrected chi connectivity index (χ4v) is 3.10. The molecule has 1 aromatic rings. The Labute approximate surface area is 123 Å². The van der Waals surface area contributed by atoms with Crippen molar-refractivity contribution in [1.29, 1.82) is 0 Å². The molecule has 0 fully saturated rings. The number of rotatable bonds is 2. The van der Waals surface area contributed by atoms with Crippen molar-refractivity contribution in [3.8, 4) is 11.5 Å². The minimum atomic E-state index is -0.879. The van der Waals surface area contributed by atoms with E-state index in [2.05, 4.69) is 49.6 Å². The maximum absolute atomic E-state index is 9.60. The van der Waals surface area contributed by atoms with Crippen LogP contribution in [0.4, 0.5) is 0 Å². The predicted molar refractivity (Wildman–Crippen MR) is 84.4 cm³/mol. The van der Waals surface area contributed by atoms with Gasteiger partial charge in [-0.1, -0.05) is 42.7 Å². The van der Waals surface area contributed by atoms with Crippen LogP contribution >= 0.6 is 0 Å². The zero-order chi connectivity index (χ0) is 15.8. The van der Waals surface area contributed by atoms with Crippen molar-refractivity contribution >= 4 is 20.0 Å². The van der Waals surface area contributed by atoms with Gasteiger partial charge in [0.25, 0.3) is 5.97 Å². The fraction of sp³-hybridized carbons (Fsp3) is 0.438. The minimum absolute atomic E-state index is 0.832. The molecule has 0 aliphatic carbocycles. The van der Waals surface area contributed by atoms with Gasteiger partial charge in [-0.05, 0) is 32.0 Å². The summed E-state index contributed by atoms with van der Waals surface area (Å²) in [6.07, 6.45) is 0. The van der Waals surface area contributed by atoms with Crippen molar-refractivity contribution in [3.05, 3.63) is 29.8 Å². The average molecular weight is 291 g/mol. The summed E-state index contributed by atoms with van der Waals surface area (Å²) < 4.78 is 0. The summed E-state index contributed by atoms with van der Waals surface area (Å²) >= 11 is 0. The standard InChI is InChI=1S/C14H19OSi.C2H4O2/c1-5-16(11-10-14(3,4)15)13-8-6-12(2)7-9-13;1-2(3)4/h6-9,15H,5H2,1-4H3;1H3,(H,3,4). The van der Waals surface area contributed by atoms with E-state index in [4.69, 9.17) is 9.90 Å². The van der Waals surface area contributed by atoms with Crippen LogP contribution in [0.25, 0.3) is 0 Å². The lowest BCUT2D eigenvalue weighted by Crippen LogP contribution is -2.28. The number of hydrogen-bond acceptors (Lipinski definition) is 2. The summed E-state index contributed by atoms with van der Waals surface area (Å²) in [6.45, 7) is 8.78. The third kappa shape index (κ3) is 9.37. The van der Waals surface area contributed by atoms with Gasteiger partial charge in [-0.2, -0.15) is 0 Å². The van der Waals surface area contributed by atoms with Gasteiger partial charge in [-0.3, -0.25) is 4.79 Å². The Morgan fingerprint density at radius 3 is 2.10 bits per heavy atom. The van der Waals surface area contributed by atoms with Gasteiger partial charge in [0.05, 0.1) is 0 Å². The number of carboxylic acid groups (broad SMARTS) is 1. The SMILES string of the molecule is CC(=O)O.CC[Si](C#CC(C)(C)O)c1ccc(C)cc1. The Balaban J connectivity index is 0.000000796.